The van der Waals surface area contributed by atoms with Crippen LogP contribution in [0.2, 0.25) is 5.02 Å². The van der Waals surface area contributed by atoms with Crippen molar-refractivity contribution in [2.75, 3.05) is 13.7 Å². The number of hydrogen-bond acceptors (Lipinski definition) is 4. The van der Waals surface area contributed by atoms with E-state index < -0.39 is 0 Å². The van der Waals surface area contributed by atoms with Gasteiger partial charge in [-0.2, -0.15) is 0 Å². The van der Waals surface area contributed by atoms with Crippen molar-refractivity contribution in [1.82, 2.24) is 4.57 Å². The Morgan fingerprint density at radius 1 is 1.44 bits per heavy atom. The van der Waals surface area contributed by atoms with Crippen molar-refractivity contribution in [3.63, 3.8) is 0 Å². The Labute approximate surface area is 174 Å². The van der Waals surface area contributed by atoms with Crippen LogP contribution in [0.15, 0.2) is 23.2 Å². The van der Waals surface area contributed by atoms with Crippen molar-refractivity contribution >= 4 is 40.1 Å². The second-order valence-electron chi connectivity index (χ2n) is 7.30. The van der Waals surface area contributed by atoms with Gasteiger partial charge in [-0.15, -0.1) is 11.3 Å². The molecule has 0 N–H and O–H groups in total. The molecule has 0 radical (unpaired) electrons. The van der Waals surface area contributed by atoms with Crippen molar-refractivity contribution in [2.45, 2.75) is 52.2 Å². The van der Waals surface area contributed by atoms with Crippen molar-refractivity contribution < 1.29 is 9.47 Å². The summed E-state index contributed by atoms with van der Waals surface area (Å²) in [4.78, 5) is 7.56. The monoisotopic (exact) mass is 424 g/mol. The average molecular weight is 425 g/mol. The zero-order valence-electron chi connectivity index (χ0n) is 16.2. The molecule has 1 aliphatic heterocycles. The van der Waals surface area contributed by atoms with E-state index in [4.69, 9.17) is 38.3 Å². The van der Waals surface area contributed by atoms with E-state index in [-0.39, 0.29) is 5.41 Å². The summed E-state index contributed by atoms with van der Waals surface area (Å²) < 4.78 is 13.6. The number of halogens is 1. The van der Waals surface area contributed by atoms with Gasteiger partial charge in [0, 0.05) is 21.9 Å². The molecule has 2 heterocycles. The molecule has 0 aliphatic carbocycles. The maximum absolute atomic E-state index is 6.16. The first-order valence-electron chi connectivity index (χ1n) is 9.10. The molecule has 0 amide bonds. The number of methoxy groups -OCH3 is 1. The van der Waals surface area contributed by atoms with Crippen molar-refractivity contribution in [3.8, 4) is 5.75 Å². The smallest absolute Gasteiger partial charge is 0.191 e. The van der Waals surface area contributed by atoms with E-state index in [1.54, 1.807) is 24.5 Å². The molecule has 27 heavy (non-hydrogen) atoms. The fourth-order valence-corrected chi connectivity index (χ4v) is 4.94. The molecule has 0 fully saturated rings. The number of unbranched alkanes of at least 4 members (excludes halogenated alkanes) is 1. The number of nitrogens with zero attached hydrogens (tertiary/aromatic N) is 2. The summed E-state index contributed by atoms with van der Waals surface area (Å²) in [6, 6.07) is 5.42. The topological polar surface area (TPSA) is 35.8 Å². The second kappa shape index (κ2) is 8.43. The largest absolute Gasteiger partial charge is 0.496 e. The first-order chi connectivity index (χ1) is 12.9. The van der Waals surface area contributed by atoms with E-state index in [0.29, 0.717) is 22.4 Å². The molecule has 0 unspecified atom stereocenters. The van der Waals surface area contributed by atoms with Crippen molar-refractivity contribution in [3.05, 3.63) is 44.2 Å². The number of thiazole rings is 1. The van der Waals surface area contributed by atoms with Gasteiger partial charge >= 0.3 is 0 Å². The number of hydrogen-bond donors (Lipinski definition) is 0. The summed E-state index contributed by atoms with van der Waals surface area (Å²) >= 11 is 13.5. The second-order valence-corrected chi connectivity index (χ2v) is 9.10. The molecule has 0 saturated carbocycles. The SMILES string of the molecule is CCCCn1c2c(s/c1=N\C(=S)c1cc(Cl)ccc1OC)C(C)(C)COC2. The Morgan fingerprint density at radius 3 is 2.93 bits per heavy atom. The van der Waals surface area contributed by atoms with Gasteiger partial charge in [-0.25, -0.2) is 4.99 Å². The maximum atomic E-state index is 6.16. The lowest BCUT2D eigenvalue weighted by Gasteiger charge is -2.29. The van der Waals surface area contributed by atoms with Gasteiger partial charge in [-0.3, -0.25) is 0 Å². The Kier molecular flexibility index (Phi) is 6.41. The Morgan fingerprint density at radius 2 is 2.22 bits per heavy atom. The van der Waals surface area contributed by atoms with Crippen LogP contribution in [-0.2, 0) is 23.3 Å². The molecule has 0 bridgehead atoms. The van der Waals surface area contributed by atoms with Crippen LogP contribution >= 0.6 is 35.2 Å². The van der Waals surface area contributed by atoms with Gasteiger partial charge < -0.3 is 14.0 Å². The van der Waals surface area contributed by atoms with Crippen molar-refractivity contribution in [1.29, 1.82) is 0 Å². The molecule has 0 spiro atoms. The molecule has 1 aromatic heterocycles. The van der Waals surface area contributed by atoms with E-state index in [1.807, 2.05) is 12.1 Å². The fraction of sp³-hybridized carbons (Fsp3) is 0.500. The number of rotatable bonds is 5. The summed E-state index contributed by atoms with van der Waals surface area (Å²) in [7, 11) is 1.63. The lowest BCUT2D eigenvalue weighted by Crippen LogP contribution is -2.30. The minimum absolute atomic E-state index is 0.0185. The molecule has 0 atom stereocenters. The first kappa shape index (κ1) is 20.5. The van der Waals surface area contributed by atoms with E-state index >= 15 is 0 Å². The third-order valence-corrected chi connectivity index (χ3v) is 6.69. The van der Waals surface area contributed by atoms with Crippen LogP contribution in [0.5, 0.6) is 5.75 Å². The van der Waals surface area contributed by atoms with Crippen molar-refractivity contribution in [2.24, 2.45) is 4.99 Å². The van der Waals surface area contributed by atoms with Crippen LogP contribution in [0.25, 0.3) is 0 Å². The summed E-state index contributed by atoms with van der Waals surface area (Å²) in [5.41, 5.74) is 1.95. The van der Waals surface area contributed by atoms with Crippen LogP contribution in [0, 0.1) is 0 Å². The molecule has 1 aliphatic rings. The van der Waals surface area contributed by atoms with E-state index in [1.165, 1.54) is 10.6 Å². The van der Waals surface area contributed by atoms with Gasteiger partial charge in [0.05, 0.1) is 31.6 Å². The highest BCUT2D eigenvalue weighted by Gasteiger charge is 2.32. The molecule has 146 valence electrons. The van der Waals surface area contributed by atoms with Gasteiger partial charge in [-0.1, -0.05) is 51.0 Å². The summed E-state index contributed by atoms with van der Waals surface area (Å²) in [6.45, 7) is 8.89. The Bertz CT molecular complexity index is 915. The van der Waals surface area contributed by atoms with Crippen LogP contribution < -0.4 is 9.54 Å². The average Bonchev–Trinajstić information content (AvgIpc) is 2.98. The highest BCUT2D eigenvalue weighted by Crippen LogP contribution is 2.34. The van der Waals surface area contributed by atoms with Gasteiger partial charge in [0.25, 0.3) is 0 Å². The van der Waals surface area contributed by atoms with E-state index in [2.05, 4.69) is 25.3 Å². The van der Waals surface area contributed by atoms with Gasteiger partial charge in [0.15, 0.2) is 4.80 Å². The van der Waals surface area contributed by atoms with Gasteiger partial charge in [0.1, 0.15) is 10.7 Å². The highest BCUT2D eigenvalue weighted by molar-refractivity contribution is 7.80. The lowest BCUT2D eigenvalue weighted by molar-refractivity contribution is 0.0607. The zero-order valence-corrected chi connectivity index (χ0v) is 18.6. The lowest BCUT2D eigenvalue weighted by atomic mass is 9.90. The minimum atomic E-state index is -0.0185. The minimum Gasteiger partial charge on any atom is -0.496 e. The normalized spacial score (nSPS) is 16.3. The predicted octanol–water partition coefficient (Wildman–Crippen LogP) is 5.10. The molecule has 0 saturated heterocycles. The summed E-state index contributed by atoms with van der Waals surface area (Å²) in [5, 5.41) is 0.613. The third-order valence-electron chi connectivity index (χ3n) is 4.65. The highest BCUT2D eigenvalue weighted by atomic mass is 35.5. The van der Waals surface area contributed by atoms with E-state index in [0.717, 1.165) is 36.4 Å². The number of aromatic nitrogens is 1. The molecule has 1 aromatic carbocycles. The zero-order chi connectivity index (χ0) is 19.6. The summed E-state index contributed by atoms with van der Waals surface area (Å²) in [6.07, 6.45) is 2.21. The molecule has 2 aromatic rings. The third kappa shape index (κ3) is 4.29. The fourth-order valence-electron chi connectivity index (χ4n) is 3.21. The molecule has 3 rings (SSSR count). The number of benzene rings is 1. The van der Waals surface area contributed by atoms with Gasteiger partial charge in [0.2, 0.25) is 0 Å². The molecule has 7 heteroatoms. The first-order valence-corrected chi connectivity index (χ1v) is 10.7. The molecule has 4 nitrogen and oxygen atoms in total. The standard InChI is InChI=1S/C20H25ClN2O2S2/c1-5-6-9-23-15-11-25-12-20(2,3)17(15)27-19(23)22-18(26)14-10-13(21)7-8-16(14)24-4/h7-8,10H,5-6,9,11-12H2,1-4H3/b22-19-. The number of thiocarbonyl (C=S) groups is 1. The van der Waals surface area contributed by atoms with Crippen LogP contribution in [0.3, 0.4) is 0 Å². The van der Waals surface area contributed by atoms with Gasteiger partial charge in [-0.05, 0) is 24.6 Å². The maximum Gasteiger partial charge on any atom is 0.191 e. The predicted molar refractivity (Wildman–Crippen MR) is 115 cm³/mol. The van der Waals surface area contributed by atoms with Crippen LogP contribution in [0.1, 0.15) is 49.7 Å². The van der Waals surface area contributed by atoms with Crippen LogP contribution in [0.4, 0.5) is 0 Å². The molecular weight excluding hydrogens is 400 g/mol. The number of ether oxygens (including phenoxy) is 2. The van der Waals surface area contributed by atoms with Crippen LogP contribution in [-0.4, -0.2) is 23.3 Å². The molecular formula is C20H25ClN2O2S2. The Hall–Kier alpha value is -1.21. The summed E-state index contributed by atoms with van der Waals surface area (Å²) in [5.74, 6) is 0.679. The Balaban J connectivity index is 2.11. The quantitative estimate of drug-likeness (QED) is 0.626. The van der Waals surface area contributed by atoms with E-state index in [9.17, 15) is 0 Å². The number of fused-ring (bicyclic) bond motifs is 1.